The Morgan fingerprint density at radius 2 is 1.64 bits per heavy atom. The van der Waals surface area contributed by atoms with Gasteiger partial charge in [0.25, 0.3) is 5.91 Å². The van der Waals surface area contributed by atoms with Crippen LogP contribution in [0.4, 0.5) is 5.69 Å². The van der Waals surface area contributed by atoms with Crippen molar-refractivity contribution in [3.8, 4) is 11.5 Å². The Morgan fingerprint density at radius 3 is 2.31 bits per heavy atom. The number of anilines is 1. The highest BCUT2D eigenvalue weighted by molar-refractivity contribution is 8.25. The third kappa shape index (κ3) is 8.71. The lowest BCUT2D eigenvalue weighted by Gasteiger charge is -2.47. The second-order valence-corrected chi connectivity index (χ2v) is 14.2. The van der Waals surface area contributed by atoms with Crippen molar-refractivity contribution in [1.29, 1.82) is 0 Å². The Balaban J connectivity index is 1.35. The molecule has 3 aromatic carbocycles. The molecule has 45 heavy (non-hydrogen) atoms. The topological polar surface area (TPSA) is 124 Å². The monoisotopic (exact) mass is 637 g/mol. The summed E-state index contributed by atoms with van der Waals surface area (Å²) in [7, 11) is 0.275. The first kappa shape index (κ1) is 33.1. The van der Waals surface area contributed by atoms with Gasteiger partial charge in [-0.25, -0.2) is 0 Å². The molecule has 10 heteroatoms. The summed E-state index contributed by atoms with van der Waals surface area (Å²) in [5, 5.41) is 17.9. The van der Waals surface area contributed by atoms with Crippen molar-refractivity contribution in [3.63, 3.8) is 0 Å². The summed E-state index contributed by atoms with van der Waals surface area (Å²) < 4.78 is 34.2. The number of aliphatic hydroxyl groups excluding tert-OH is 1. The molecule has 1 amide bonds. The molecule has 2 atom stereocenters. The lowest BCUT2D eigenvalue weighted by molar-refractivity contribution is 0.0829. The van der Waals surface area contributed by atoms with Gasteiger partial charge in [0.2, 0.25) is 0 Å². The fourth-order valence-corrected chi connectivity index (χ4v) is 8.06. The van der Waals surface area contributed by atoms with E-state index in [1.54, 1.807) is 24.6 Å². The number of nitrogens with zero attached hydrogens (tertiary/aromatic N) is 1. The van der Waals surface area contributed by atoms with Crippen molar-refractivity contribution in [3.05, 3.63) is 89.0 Å². The zero-order valence-electron chi connectivity index (χ0n) is 26.3. The van der Waals surface area contributed by atoms with Crippen LogP contribution in [-0.2, 0) is 13.0 Å². The van der Waals surface area contributed by atoms with Crippen molar-refractivity contribution >= 4 is 22.4 Å². The molecule has 0 spiro atoms. The quantitative estimate of drug-likeness (QED) is 0.152. The highest BCUT2D eigenvalue weighted by Gasteiger charge is 2.30. The number of carbonyl (C=O) groups is 1. The predicted octanol–water partition coefficient (Wildman–Crippen LogP) is 6.12. The average molecular weight is 638 g/mol. The molecule has 5 rings (SSSR count). The molecular formula is C35H47N3O6S. The number of methoxy groups -OCH3 is 2. The minimum absolute atomic E-state index is 0.249. The third-order valence-electron chi connectivity index (χ3n) is 8.87. The number of nitrogens with one attached hydrogen (secondary N) is 2. The van der Waals surface area contributed by atoms with Gasteiger partial charge < -0.3 is 25.2 Å². The third-order valence-corrected chi connectivity index (χ3v) is 10.8. The van der Waals surface area contributed by atoms with Crippen LogP contribution < -0.4 is 24.4 Å². The second-order valence-electron chi connectivity index (χ2n) is 12.1. The number of hydrogen-bond donors (Lipinski definition) is 5. The van der Waals surface area contributed by atoms with Gasteiger partial charge in [0.05, 0.1) is 37.8 Å². The molecule has 1 heterocycles. The summed E-state index contributed by atoms with van der Waals surface area (Å²) in [5.41, 5.74) is 4.16. The first-order valence-electron chi connectivity index (χ1n) is 15.9. The normalized spacial score (nSPS) is 18.6. The van der Waals surface area contributed by atoms with Crippen molar-refractivity contribution in [2.24, 2.45) is 0 Å². The molecule has 9 nitrogen and oxygen atoms in total. The van der Waals surface area contributed by atoms with E-state index in [2.05, 4.69) is 10.6 Å². The van der Waals surface area contributed by atoms with Crippen molar-refractivity contribution in [1.82, 2.24) is 10.6 Å². The van der Waals surface area contributed by atoms with Crippen LogP contribution in [0.25, 0.3) is 0 Å². The summed E-state index contributed by atoms with van der Waals surface area (Å²) in [5.74, 6) is 1.76. The van der Waals surface area contributed by atoms with Gasteiger partial charge in [-0.15, -0.1) is 10.8 Å². The molecule has 1 saturated carbocycles. The van der Waals surface area contributed by atoms with Crippen LogP contribution in [0.5, 0.6) is 11.5 Å². The van der Waals surface area contributed by atoms with Crippen LogP contribution in [0.2, 0.25) is 0 Å². The van der Waals surface area contributed by atoms with Crippen LogP contribution in [0.3, 0.4) is 0 Å². The Kier molecular flexibility index (Phi) is 11.3. The summed E-state index contributed by atoms with van der Waals surface area (Å²) in [6.07, 6.45) is 5.62. The lowest BCUT2D eigenvalue weighted by atomic mass is 9.94. The molecule has 3 aromatic rings. The van der Waals surface area contributed by atoms with Crippen LogP contribution in [0, 0.1) is 0 Å². The number of rotatable bonds is 13. The highest BCUT2D eigenvalue weighted by atomic mass is 32.3. The number of amides is 1. The Bertz CT molecular complexity index is 1390. The van der Waals surface area contributed by atoms with E-state index in [0.717, 1.165) is 55.2 Å². The van der Waals surface area contributed by atoms with E-state index < -0.39 is 22.9 Å². The van der Waals surface area contributed by atoms with E-state index in [4.69, 9.17) is 9.47 Å². The van der Waals surface area contributed by atoms with Gasteiger partial charge in [0, 0.05) is 31.3 Å². The van der Waals surface area contributed by atoms with Crippen LogP contribution >= 0.6 is 10.8 Å². The first-order valence-corrected chi connectivity index (χ1v) is 17.6. The summed E-state index contributed by atoms with van der Waals surface area (Å²) in [4.78, 5) is 13.9. The number of benzene rings is 3. The van der Waals surface area contributed by atoms with Crippen LogP contribution in [0.15, 0.2) is 66.7 Å². The lowest BCUT2D eigenvalue weighted by Crippen LogP contribution is -2.48. The molecule has 0 aromatic heterocycles. The molecule has 2 fully saturated rings. The smallest absolute Gasteiger partial charge is 0.251 e. The van der Waals surface area contributed by atoms with E-state index in [1.807, 2.05) is 60.7 Å². The van der Waals surface area contributed by atoms with Gasteiger partial charge in [-0.2, -0.15) is 0 Å². The van der Waals surface area contributed by atoms with E-state index in [-0.39, 0.29) is 12.5 Å². The molecule has 1 saturated heterocycles. The SMILES string of the molecule is COc1cc(CNC[C@@H](O)[C@H](Cc2ccccc2)NC(=O)c2cc(C3CCCC3)cc(N3CCCCS3(O)O)c2)cc(OC)c1. The summed E-state index contributed by atoms with van der Waals surface area (Å²) >= 11 is 0. The Labute approximate surface area is 268 Å². The number of hydrogen-bond acceptors (Lipinski definition) is 8. The number of carbonyl (C=O) groups excluding carboxylic acids is 1. The van der Waals surface area contributed by atoms with Crippen molar-refractivity contribution < 1.29 is 28.5 Å². The first-order chi connectivity index (χ1) is 21.8. The van der Waals surface area contributed by atoms with Gasteiger partial charge in [-0.1, -0.05) is 43.2 Å². The Hall–Kier alpha value is -3.28. The molecule has 5 N–H and O–H groups in total. The van der Waals surface area contributed by atoms with Gasteiger partial charge in [-0.05, 0) is 85.0 Å². The molecule has 1 aliphatic heterocycles. The molecule has 244 valence electrons. The van der Waals surface area contributed by atoms with Crippen molar-refractivity contribution in [2.75, 3.05) is 37.4 Å². The Morgan fingerprint density at radius 1 is 0.933 bits per heavy atom. The van der Waals surface area contributed by atoms with Crippen LogP contribution in [0.1, 0.15) is 71.5 Å². The van der Waals surface area contributed by atoms with E-state index in [1.165, 1.54) is 0 Å². The van der Waals surface area contributed by atoms with E-state index in [0.29, 0.717) is 53.9 Å². The fraction of sp³-hybridized carbons (Fsp3) is 0.457. The largest absolute Gasteiger partial charge is 0.497 e. The summed E-state index contributed by atoms with van der Waals surface area (Å²) in [6.45, 7) is 1.27. The minimum Gasteiger partial charge on any atom is -0.497 e. The highest BCUT2D eigenvalue weighted by Crippen LogP contribution is 2.50. The minimum atomic E-state index is -2.94. The molecule has 1 aliphatic carbocycles. The van der Waals surface area contributed by atoms with E-state index >= 15 is 0 Å². The molecule has 0 radical (unpaired) electrons. The standard InChI is InChI=1S/C35H47N3O6S/c1-43-31-16-26(17-32(22-31)44-2)23-36-24-34(39)33(18-25-10-4-3-5-11-25)37-35(40)29-19-28(27-12-6-7-13-27)20-30(21-29)38-14-8-9-15-45(38,41)42/h3-5,10-11,16-17,19-22,27,33-34,36,39,41-42H,6-9,12-15,18,23-24H2,1-2H3,(H,37,40)/t33-,34+/m0/s1. The van der Waals surface area contributed by atoms with Crippen molar-refractivity contribution in [2.45, 2.75) is 69.6 Å². The zero-order chi connectivity index (χ0) is 31.8. The fourth-order valence-electron chi connectivity index (χ4n) is 6.39. The molecular weight excluding hydrogens is 590 g/mol. The van der Waals surface area contributed by atoms with Gasteiger partial charge in [0.1, 0.15) is 11.5 Å². The van der Waals surface area contributed by atoms with E-state index in [9.17, 15) is 19.0 Å². The van der Waals surface area contributed by atoms with Gasteiger partial charge in [-0.3, -0.25) is 18.2 Å². The second kappa shape index (κ2) is 15.3. The van der Waals surface area contributed by atoms with Crippen LogP contribution in [-0.4, -0.2) is 65.3 Å². The average Bonchev–Trinajstić information content (AvgIpc) is 3.60. The molecule has 0 unspecified atom stereocenters. The zero-order valence-corrected chi connectivity index (χ0v) is 27.1. The maximum absolute atomic E-state index is 13.9. The molecule has 0 bridgehead atoms. The maximum Gasteiger partial charge on any atom is 0.251 e. The number of ether oxygens (including phenoxy) is 2. The molecule has 2 aliphatic rings. The van der Waals surface area contributed by atoms with Gasteiger partial charge in [0.15, 0.2) is 0 Å². The predicted molar refractivity (Wildman–Crippen MR) is 181 cm³/mol. The maximum atomic E-state index is 13.9. The summed E-state index contributed by atoms with van der Waals surface area (Å²) in [6, 6.07) is 20.6. The number of aliphatic hydroxyl groups is 1. The van der Waals surface area contributed by atoms with Gasteiger partial charge >= 0.3 is 0 Å².